The summed E-state index contributed by atoms with van der Waals surface area (Å²) >= 11 is 0. The zero-order valence-electron chi connectivity index (χ0n) is 12.5. The molecule has 0 bridgehead atoms. The molecule has 106 valence electrons. The van der Waals surface area contributed by atoms with Gasteiger partial charge >= 0.3 is 0 Å². The third-order valence-electron chi connectivity index (χ3n) is 3.40. The molecule has 1 atom stereocenters. The highest BCUT2D eigenvalue weighted by Gasteiger charge is 2.14. The van der Waals surface area contributed by atoms with Crippen LogP contribution in [0.1, 0.15) is 37.8 Å². The van der Waals surface area contributed by atoms with Crippen molar-refractivity contribution in [2.75, 3.05) is 11.9 Å². The Kier molecular flexibility index (Phi) is 6.03. The van der Waals surface area contributed by atoms with E-state index < -0.39 is 0 Å². The van der Waals surface area contributed by atoms with Crippen LogP contribution < -0.4 is 11.1 Å². The lowest BCUT2D eigenvalue weighted by Crippen LogP contribution is -2.23. The number of carbonyl (C=O) groups excluding carboxylic acids is 1. The highest BCUT2D eigenvalue weighted by Crippen LogP contribution is 2.17. The smallest absolute Gasteiger partial charge is 0.224 e. The Morgan fingerprint density at radius 3 is 2.47 bits per heavy atom. The molecular formula is C16H26N2O. The van der Waals surface area contributed by atoms with Crippen molar-refractivity contribution >= 4 is 11.6 Å². The number of rotatable bonds is 6. The summed E-state index contributed by atoms with van der Waals surface area (Å²) in [5.41, 5.74) is 9.02. The second-order valence-corrected chi connectivity index (χ2v) is 5.78. The fraction of sp³-hybridized carbons (Fsp3) is 0.562. The fourth-order valence-corrected chi connectivity index (χ4v) is 2.22. The topological polar surface area (TPSA) is 55.1 Å². The number of benzene rings is 1. The number of anilines is 1. The van der Waals surface area contributed by atoms with E-state index in [1.807, 2.05) is 25.1 Å². The number of amides is 1. The van der Waals surface area contributed by atoms with E-state index in [-0.39, 0.29) is 11.8 Å². The van der Waals surface area contributed by atoms with Crippen molar-refractivity contribution in [3.05, 3.63) is 29.3 Å². The molecule has 1 unspecified atom stereocenters. The van der Waals surface area contributed by atoms with Crippen LogP contribution in [0.2, 0.25) is 0 Å². The van der Waals surface area contributed by atoms with Crippen LogP contribution in [0.5, 0.6) is 0 Å². The fourth-order valence-electron chi connectivity index (χ4n) is 2.22. The van der Waals surface area contributed by atoms with Gasteiger partial charge in [0, 0.05) is 12.1 Å². The van der Waals surface area contributed by atoms with E-state index >= 15 is 0 Å². The number of carbonyl (C=O) groups is 1. The van der Waals surface area contributed by atoms with Crippen LogP contribution in [0.25, 0.3) is 0 Å². The van der Waals surface area contributed by atoms with E-state index in [9.17, 15) is 4.79 Å². The van der Waals surface area contributed by atoms with Crippen molar-refractivity contribution in [2.24, 2.45) is 17.6 Å². The molecule has 0 saturated carbocycles. The minimum atomic E-state index is 0.0550. The second-order valence-electron chi connectivity index (χ2n) is 5.78. The van der Waals surface area contributed by atoms with E-state index in [0.29, 0.717) is 18.9 Å². The van der Waals surface area contributed by atoms with Crippen molar-refractivity contribution in [2.45, 2.75) is 40.5 Å². The average molecular weight is 262 g/mol. The lowest BCUT2D eigenvalue weighted by molar-refractivity contribution is -0.117. The molecule has 0 spiro atoms. The SMILES string of the molecule is Cc1ccc(NC(=O)CC(CN)CC(C)C)cc1C. The summed E-state index contributed by atoms with van der Waals surface area (Å²) in [4.78, 5) is 12.0. The van der Waals surface area contributed by atoms with Crippen LogP contribution in [0.15, 0.2) is 18.2 Å². The van der Waals surface area contributed by atoms with Gasteiger partial charge in [0.2, 0.25) is 5.91 Å². The van der Waals surface area contributed by atoms with E-state index in [1.54, 1.807) is 0 Å². The molecule has 0 aromatic heterocycles. The Morgan fingerprint density at radius 1 is 1.26 bits per heavy atom. The molecule has 0 heterocycles. The molecule has 1 rings (SSSR count). The van der Waals surface area contributed by atoms with Crippen molar-refractivity contribution in [1.82, 2.24) is 0 Å². The highest BCUT2D eigenvalue weighted by molar-refractivity contribution is 5.91. The number of aryl methyl sites for hydroxylation is 2. The van der Waals surface area contributed by atoms with Gasteiger partial charge in [-0.25, -0.2) is 0 Å². The van der Waals surface area contributed by atoms with Crippen LogP contribution in [0.3, 0.4) is 0 Å². The molecule has 0 fully saturated rings. The minimum absolute atomic E-state index is 0.0550. The normalized spacial score (nSPS) is 12.5. The molecule has 19 heavy (non-hydrogen) atoms. The molecule has 0 radical (unpaired) electrons. The van der Waals surface area contributed by atoms with Gasteiger partial charge in [-0.15, -0.1) is 0 Å². The first kappa shape index (κ1) is 15.7. The maximum atomic E-state index is 12.0. The number of hydrogen-bond acceptors (Lipinski definition) is 2. The van der Waals surface area contributed by atoms with Gasteiger partial charge in [0.25, 0.3) is 0 Å². The zero-order valence-corrected chi connectivity index (χ0v) is 12.5. The van der Waals surface area contributed by atoms with Gasteiger partial charge in [-0.3, -0.25) is 4.79 Å². The van der Waals surface area contributed by atoms with Crippen LogP contribution in [0, 0.1) is 25.7 Å². The summed E-state index contributed by atoms with van der Waals surface area (Å²) in [7, 11) is 0. The first-order valence-corrected chi connectivity index (χ1v) is 6.99. The molecule has 0 aliphatic heterocycles. The predicted molar refractivity (Wildman–Crippen MR) is 81.2 cm³/mol. The van der Waals surface area contributed by atoms with E-state index in [1.165, 1.54) is 11.1 Å². The van der Waals surface area contributed by atoms with Gasteiger partial charge in [-0.2, -0.15) is 0 Å². The van der Waals surface area contributed by atoms with Gasteiger partial charge in [0.1, 0.15) is 0 Å². The Hall–Kier alpha value is -1.35. The Balaban J connectivity index is 2.56. The summed E-state index contributed by atoms with van der Waals surface area (Å²) in [6.07, 6.45) is 1.50. The van der Waals surface area contributed by atoms with Crippen molar-refractivity contribution in [3.8, 4) is 0 Å². The van der Waals surface area contributed by atoms with E-state index in [4.69, 9.17) is 5.73 Å². The van der Waals surface area contributed by atoms with E-state index in [0.717, 1.165) is 12.1 Å². The Bertz CT molecular complexity index is 427. The summed E-state index contributed by atoms with van der Waals surface area (Å²) in [5.74, 6) is 0.897. The second kappa shape index (κ2) is 7.29. The summed E-state index contributed by atoms with van der Waals surface area (Å²) in [5, 5.41) is 2.95. The minimum Gasteiger partial charge on any atom is -0.330 e. The van der Waals surface area contributed by atoms with Crippen molar-refractivity contribution < 1.29 is 4.79 Å². The quantitative estimate of drug-likeness (QED) is 0.826. The highest BCUT2D eigenvalue weighted by atomic mass is 16.1. The van der Waals surface area contributed by atoms with Crippen LogP contribution in [-0.4, -0.2) is 12.5 Å². The summed E-state index contributed by atoms with van der Waals surface area (Å²) in [6, 6.07) is 5.98. The first-order valence-electron chi connectivity index (χ1n) is 6.99. The van der Waals surface area contributed by atoms with Gasteiger partial charge < -0.3 is 11.1 Å². The predicted octanol–water partition coefficient (Wildman–Crippen LogP) is 3.25. The lowest BCUT2D eigenvalue weighted by Gasteiger charge is -2.16. The maximum absolute atomic E-state index is 12.0. The third-order valence-corrected chi connectivity index (χ3v) is 3.40. The van der Waals surface area contributed by atoms with Gasteiger partial charge in [0.05, 0.1) is 0 Å². The number of nitrogens with one attached hydrogen (secondary N) is 1. The molecule has 3 heteroatoms. The van der Waals surface area contributed by atoms with Crippen molar-refractivity contribution in [3.63, 3.8) is 0 Å². The van der Waals surface area contributed by atoms with Crippen molar-refractivity contribution in [1.29, 1.82) is 0 Å². The van der Waals surface area contributed by atoms with Gasteiger partial charge in [-0.05, 0) is 61.9 Å². The zero-order chi connectivity index (χ0) is 14.4. The van der Waals surface area contributed by atoms with Crippen LogP contribution in [-0.2, 0) is 4.79 Å². The first-order chi connectivity index (χ1) is 8.92. The molecule has 3 N–H and O–H groups in total. The van der Waals surface area contributed by atoms with Gasteiger partial charge in [-0.1, -0.05) is 19.9 Å². The molecule has 0 saturated heterocycles. The third kappa shape index (κ3) is 5.43. The Labute approximate surface area is 116 Å². The molecule has 0 aliphatic carbocycles. The molecule has 1 aromatic rings. The Morgan fingerprint density at radius 2 is 1.95 bits per heavy atom. The molecule has 0 aliphatic rings. The average Bonchev–Trinajstić information content (AvgIpc) is 2.32. The van der Waals surface area contributed by atoms with Crippen LogP contribution in [0.4, 0.5) is 5.69 Å². The summed E-state index contributed by atoms with van der Waals surface area (Å²) in [6.45, 7) is 8.99. The molecule has 1 amide bonds. The number of nitrogens with two attached hydrogens (primary N) is 1. The van der Waals surface area contributed by atoms with Crippen LogP contribution >= 0.6 is 0 Å². The largest absolute Gasteiger partial charge is 0.330 e. The summed E-state index contributed by atoms with van der Waals surface area (Å²) < 4.78 is 0. The molecular weight excluding hydrogens is 236 g/mol. The monoisotopic (exact) mass is 262 g/mol. The molecule has 3 nitrogen and oxygen atoms in total. The number of hydrogen-bond donors (Lipinski definition) is 2. The maximum Gasteiger partial charge on any atom is 0.224 e. The molecule has 1 aromatic carbocycles. The lowest BCUT2D eigenvalue weighted by atomic mass is 9.94. The van der Waals surface area contributed by atoms with E-state index in [2.05, 4.69) is 26.1 Å². The van der Waals surface area contributed by atoms with Gasteiger partial charge in [0.15, 0.2) is 0 Å². The standard InChI is InChI=1S/C16H26N2O/c1-11(2)7-14(10-17)9-16(19)18-15-6-5-12(3)13(4)8-15/h5-6,8,11,14H,7,9-10,17H2,1-4H3,(H,18,19).